The number of nitrogens with one attached hydrogen (secondary N) is 1. The number of aromatic amines is 1. The van der Waals surface area contributed by atoms with Crippen LogP contribution < -0.4 is 4.74 Å². The van der Waals surface area contributed by atoms with E-state index in [0.29, 0.717) is 39.5 Å². The molecule has 33 heavy (non-hydrogen) atoms. The number of hydrogen-bond acceptors (Lipinski definition) is 3. The van der Waals surface area contributed by atoms with E-state index in [4.69, 9.17) is 9.15 Å². The normalized spacial score (nSPS) is 11.5. The van der Waals surface area contributed by atoms with E-state index in [-0.39, 0.29) is 0 Å². The Balaban J connectivity index is 1.86. The van der Waals surface area contributed by atoms with Gasteiger partial charge in [-0.1, -0.05) is 42.5 Å². The molecule has 0 saturated heterocycles. The number of fused-ring (bicyclic) bond motifs is 4. The third kappa shape index (κ3) is 2.86. The summed E-state index contributed by atoms with van der Waals surface area (Å²) in [6.45, 7) is 0. The predicted octanol–water partition coefficient (Wildman–Crippen LogP) is 7.36. The molecule has 2 heterocycles. The van der Waals surface area contributed by atoms with Crippen LogP contribution in [0.15, 0.2) is 83.3 Å². The Morgan fingerprint density at radius 2 is 1.70 bits per heavy atom. The van der Waals surface area contributed by atoms with Crippen molar-refractivity contribution in [2.45, 2.75) is 0 Å². The van der Waals surface area contributed by atoms with Crippen molar-refractivity contribution in [2.75, 3.05) is 7.11 Å². The summed E-state index contributed by atoms with van der Waals surface area (Å²) in [6, 6.07) is 23.9. The van der Waals surface area contributed by atoms with Gasteiger partial charge >= 0.3 is 0 Å². The minimum absolute atomic E-state index is 0.335. The molecule has 0 unspecified atom stereocenters. The van der Waals surface area contributed by atoms with Crippen LogP contribution in [0, 0.1) is 5.82 Å². The second kappa shape index (κ2) is 7.35. The maximum absolute atomic E-state index is 15.0. The molecule has 0 spiro atoms. The second-order valence-electron chi connectivity index (χ2n) is 7.89. The molecule has 6 rings (SSSR count). The Labute approximate surface area is 188 Å². The van der Waals surface area contributed by atoms with Gasteiger partial charge in [0.05, 0.1) is 18.4 Å². The lowest BCUT2D eigenvalue weighted by Crippen LogP contribution is -1.89. The van der Waals surface area contributed by atoms with Crippen molar-refractivity contribution in [3.05, 3.63) is 90.4 Å². The summed E-state index contributed by atoms with van der Waals surface area (Å²) in [7, 11) is 1.62. The molecule has 0 aliphatic carbocycles. The Morgan fingerprint density at radius 3 is 2.52 bits per heavy atom. The summed E-state index contributed by atoms with van der Waals surface area (Å²) in [5, 5.41) is 3.55. The first-order valence-corrected chi connectivity index (χ1v) is 10.5. The highest BCUT2D eigenvalue weighted by Crippen LogP contribution is 2.47. The molecular formula is C28H18FNO3. The molecule has 1 N–H and O–H groups in total. The lowest BCUT2D eigenvalue weighted by atomic mass is 9.93. The fourth-order valence-corrected chi connectivity index (χ4v) is 4.62. The van der Waals surface area contributed by atoms with E-state index in [1.54, 1.807) is 25.3 Å². The first-order chi connectivity index (χ1) is 16.2. The van der Waals surface area contributed by atoms with Crippen molar-refractivity contribution >= 4 is 38.9 Å². The molecule has 0 radical (unpaired) electrons. The van der Waals surface area contributed by atoms with Gasteiger partial charge in [0.25, 0.3) is 0 Å². The highest BCUT2D eigenvalue weighted by atomic mass is 19.1. The zero-order valence-corrected chi connectivity index (χ0v) is 17.7. The minimum Gasteiger partial charge on any atom is -0.497 e. The largest absolute Gasteiger partial charge is 0.497 e. The van der Waals surface area contributed by atoms with E-state index in [9.17, 15) is 9.18 Å². The number of ether oxygens (including phenoxy) is 1. The third-order valence-corrected chi connectivity index (χ3v) is 6.10. The molecule has 0 saturated carbocycles. The van der Waals surface area contributed by atoms with Crippen LogP contribution in [-0.2, 0) is 0 Å². The number of benzene rings is 4. The van der Waals surface area contributed by atoms with Crippen molar-refractivity contribution in [1.29, 1.82) is 0 Å². The highest BCUT2D eigenvalue weighted by Gasteiger charge is 2.26. The zero-order chi connectivity index (χ0) is 22.5. The molecule has 0 aliphatic heterocycles. The van der Waals surface area contributed by atoms with Crippen LogP contribution in [0.2, 0.25) is 0 Å². The van der Waals surface area contributed by atoms with Gasteiger partial charge in [0, 0.05) is 27.4 Å². The van der Waals surface area contributed by atoms with Crippen LogP contribution in [0.4, 0.5) is 4.39 Å². The van der Waals surface area contributed by atoms with Crippen LogP contribution in [0.5, 0.6) is 5.75 Å². The topological polar surface area (TPSA) is 55.2 Å². The number of para-hydroxylation sites is 1. The van der Waals surface area contributed by atoms with Crippen LogP contribution in [-0.4, -0.2) is 18.4 Å². The average Bonchev–Trinajstić information content (AvgIpc) is 3.41. The molecule has 160 valence electrons. The van der Waals surface area contributed by atoms with Gasteiger partial charge in [-0.2, -0.15) is 0 Å². The molecule has 0 amide bonds. The molecule has 4 aromatic carbocycles. The lowest BCUT2D eigenvalue weighted by Gasteiger charge is -2.08. The Morgan fingerprint density at radius 1 is 0.909 bits per heavy atom. The fraction of sp³-hybridized carbons (Fsp3) is 0.0357. The van der Waals surface area contributed by atoms with Crippen molar-refractivity contribution in [3.63, 3.8) is 0 Å². The molecule has 6 aromatic rings. The number of carbonyl (C=O) groups excluding carboxylic acids is 1. The first kappa shape index (κ1) is 19.3. The summed E-state index contributed by atoms with van der Waals surface area (Å²) in [5.74, 6) is 0.683. The Kier molecular flexibility index (Phi) is 4.30. The monoisotopic (exact) mass is 435 g/mol. The average molecular weight is 435 g/mol. The summed E-state index contributed by atoms with van der Waals surface area (Å²) in [5.41, 5.74) is 3.53. The van der Waals surface area contributed by atoms with Gasteiger partial charge in [0.2, 0.25) is 0 Å². The maximum Gasteiger partial charge on any atom is 0.166 e. The molecule has 5 heteroatoms. The molecular weight excluding hydrogens is 417 g/mol. The van der Waals surface area contributed by atoms with Gasteiger partial charge in [-0.05, 0) is 47.2 Å². The van der Waals surface area contributed by atoms with Gasteiger partial charge in [-0.15, -0.1) is 0 Å². The Bertz CT molecular complexity index is 1690. The van der Waals surface area contributed by atoms with Crippen LogP contribution in [0.3, 0.4) is 0 Å². The van der Waals surface area contributed by atoms with E-state index in [1.807, 2.05) is 54.6 Å². The van der Waals surface area contributed by atoms with Crippen molar-refractivity contribution in [1.82, 2.24) is 4.98 Å². The lowest BCUT2D eigenvalue weighted by molar-refractivity contribution is 0.112. The number of hydrogen-bond donors (Lipinski definition) is 1. The van der Waals surface area contributed by atoms with E-state index in [1.165, 1.54) is 6.07 Å². The number of H-pyrrole nitrogens is 1. The van der Waals surface area contributed by atoms with Crippen LogP contribution in [0.1, 0.15) is 10.5 Å². The number of methoxy groups -OCH3 is 1. The number of aromatic nitrogens is 1. The standard InChI is InChI=1S/C28H18FNO3/c1-32-17-12-10-16-11-13-24-26(20(16)14-17)27(28(33-24)18-6-2-4-8-21(18)29)25-19-7-3-5-9-22(19)30-23(25)15-31/h2-15,30H,1H3. The third-order valence-electron chi connectivity index (χ3n) is 6.10. The number of aldehydes is 1. The smallest absolute Gasteiger partial charge is 0.166 e. The SMILES string of the molecule is COc1ccc2ccc3oc(-c4ccccc4F)c(-c4c(C=O)[nH]c5ccccc45)c3c2c1. The molecule has 2 aromatic heterocycles. The minimum atomic E-state index is -0.396. The fourth-order valence-electron chi connectivity index (χ4n) is 4.62. The molecule has 0 bridgehead atoms. The van der Waals surface area contributed by atoms with Crippen LogP contribution >= 0.6 is 0 Å². The van der Waals surface area contributed by atoms with Crippen molar-refractivity contribution in [3.8, 4) is 28.2 Å². The first-order valence-electron chi connectivity index (χ1n) is 10.5. The van der Waals surface area contributed by atoms with E-state index < -0.39 is 5.82 Å². The van der Waals surface area contributed by atoms with Crippen molar-refractivity contribution in [2.24, 2.45) is 0 Å². The van der Waals surface area contributed by atoms with E-state index >= 15 is 0 Å². The molecule has 0 atom stereocenters. The molecule has 0 aliphatic rings. The summed E-state index contributed by atoms with van der Waals surface area (Å²) >= 11 is 0. The maximum atomic E-state index is 15.0. The second-order valence-corrected chi connectivity index (χ2v) is 7.89. The highest BCUT2D eigenvalue weighted by molar-refractivity contribution is 6.21. The Hall–Kier alpha value is -4.38. The van der Waals surface area contributed by atoms with Gasteiger partial charge in [-0.3, -0.25) is 4.79 Å². The van der Waals surface area contributed by atoms with Gasteiger partial charge in [0.1, 0.15) is 22.9 Å². The van der Waals surface area contributed by atoms with Crippen molar-refractivity contribution < 1.29 is 18.3 Å². The number of halogens is 1. The summed E-state index contributed by atoms with van der Waals surface area (Å²) in [4.78, 5) is 15.4. The quantitative estimate of drug-likeness (QED) is 0.294. The summed E-state index contributed by atoms with van der Waals surface area (Å²) < 4.78 is 26.8. The number of furan rings is 1. The van der Waals surface area contributed by atoms with Gasteiger partial charge in [-0.25, -0.2) is 4.39 Å². The molecule has 0 fully saturated rings. The van der Waals surface area contributed by atoms with E-state index in [0.717, 1.165) is 33.3 Å². The van der Waals surface area contributed by atoms with E-state index in [2.05, 4.69) is 4.98 Å². The molecule has 4 nitrogen and oxygen atoms in total. The number of rotatable bonds is 4. The summed E-state index contributed by atoms with van der Waals surface area (Å²) in [6.07, 6.45) is 0.797. The van der Waals surface area contributed by atoms with Gasteiger partial charge in [0.15, 0.2) is 6.29 Å². The van der Waals surface area contributed by atoms with Gasteiger partial charge < -0.3 is 14.1 Å². The van der Waals surface area contributed by atoms with Crippen LogP contribution in [0.25, 0.3) is 55.1 Å². The zero-order valence-electron chi connectivity index (χ0n) is 17.7. The number of carbonyl (C=O) groups is 1. The predicted molar refractivity (Wildman–Crippen MR) is 128 cm³/mol.